The summed E-state index contributed by atoms with van der Waals surface area (Å²) < 4.78 is 37.5. The van der Waals surface area contributed by atoms with E-state index in [1.807, 2.05) is 0 Å². The lowest BCUT2D eigenvalue weighted by Gasteiger charge is -2.27. The largest absolute Gasteiger partial charge is 0.497 e. The molecule has 1 aromatic rings. The van der Waals surface area contributed by atoms with Crippen molar-refractivity contribution in [1.29, 1.82) is 0 Å². The van der Waals surface area contributed by atoms with Crippen molar-refractivity contribution in [2.45, 2.75) is 25.0 Å². The Morgan fingerprint density at radius 2 is 2.00 bits per heavy atom. The van der Waals surface area contributed by atoms with E-state index in [1.54, 1.807) is 0 Å². The van der Waals surface area contributed by atoms with Crippen LogP contribution in [-0.2, 0) is 4.74 Å². The number of aliphatic hydroxyl groups is 1. The molecule has 1 N–H and O–H groups in total. The molecule has 1 aromatic carbocycles. The van der Waals surface area contributed by atoms with E-state index in [9.17, 15) is 13.9 Å². The summed E-state index contributed by atoms with van der Waals surface area (Å²) in [4.78, 5) is 0. The van der Waals surface area contributed by atoms with Crippen LogP contribution in [0.5, 0.6) is 5.75 Å². The highest BCUT2D eigenvalue weighted by atomic mass is 19.1. The number of methoxy groups -OCH3 is 1. The van der Waals surface area contributed by atoms with Crippen molar-refractivity contribution >= 4 is 0 Å². The Morgan fingerprint density at radius 3 is 2.53 bits per heavy atom. The van der Waals surface area contributed by atoms with Crippen molar-refractivity contribution in [3.8, 4) is 5.75 Å². The maximum atomic E-state index is 13.7. The van der Waals surface area contributed by atoms with Crippen molar-refractivity contribution < 1.29 is 23.4 Å². The first kappa shape index (κ1) is 12.3. The van der Waals surface area contributed by atoms with Gasteiger partial charge >= 0.3 is 0 Å². The van der Waals surface area contributed by atoms with Crippen LogP contribution in [0, 0.1) is 11.6 Å². The normalized spacial score (nSPS) is 24.7. The van der Waals surface area contributed by atoms with Gasteiger partial charge in [0.15, 0.2) is 0 Å². The SMILES string of the molecule is COc1cc(F)c(C2CC(O)CCO2)c(F)c1. The Bertz CT molecular complexity index is 386. The summed E-state index contributed by atoms with van der Waals surface area (Å²) in [6.45, 7) is 0.302. The van der Waals surface area contributed by atoms with E-state index in [0.29, 0.717) is 13.0 Å². The van der Waals surface area contributed by atoms with E-state index in [2.05, 4.69) is 0 Å². The smallest absolute Gasteiger partial charge is 0.135 e. The quantitative estimate of drug-likeness (QED) is 0.866. The van der Waals surface area contributed by atoms with Gasteiger partial charge in [-0.15, -0.1) is 0 Å². The van der Waals surface area contributed by atoms with Crippen LogP contribution in [0.1, 0.15) is 24.5 Å². The third kappa shape index (κ3) is 2.56. The molecule has 0 aliphatic carbocycles. The second kappa shape index (κ2) is 4.98. The minimum Gasteiger partial charge on any atom is -0.497 e. The average Bonchev–Trinajstić information content (AvgIpc) is 2.28. The van der Waals surface area contributed by atoms with Crippen LogP contribution in [0.3, 0.4) is 0 Å². The summed E-state index contributed by atoms with van der Waals surface area (Å²) in [5.41, 5.74) is -0.135. The Labute approximate surface area is 98.0 Å². The molecule has 2 unspecified atom stereocenters. The number of aliphatic hydroxyl groups excluding tert-OH is 1. The lowest BCUT2D eigenvalue weighted by molar-refractivity contribution is -0.0476. The molecule has 0 saturated carbocycles. The van der Waals surface area contributed by atoms with Crippen molar-refractivity contribution in [3.05, 3.63) is 29.3 Å². The van der Waals surface area contributed by atoms with Crippen LogP contribution in [-0.4, -0.2) is 24.9 Å². The summed E-state index contributed by atoms with van der Waals surface area (Å²) in [5.74, 6) is -1.29. The van der Waals surface area contributed by atoms with Crippen LogP contribution < -0.4 is 4.74 Å². The fourth-order valence-corrected chi connectivity index (χ4v) is 1.97. The Balaban J connectivity index is 2.31. The van der Waals surface area contributed by atoms with E-state index in [1.165, 1.54) is 7.11 Å². The molecule has 1 heterocycles. The molecule has 1 fully saturated rings. The molecule has 1 saturated heterocycles. The standard InChI is InChI=1S/C12H14F2O3/c1-16-8-5-9(13)12(10(14)6-8)11-4-7(15)2-3-17-11/h5-7,11,15H,2-4H2,1H3. The van der Waals surface area contributed by atoms with Crippen LogP contribution in [0.4, 0.5) is 8.78 Å². The zero-order chi connectivity index (χ0) is 12.4. The minimum atomic E-state index is -0.732. The molecule has 3 nitrogen and oxygen atoms in total. The van der Waals surface area contributed by atoms with Crippen molar-refractivity contribution in [2.24, 2.45) is 0 Å². The molecule has 2 rings (SSSR count). The van der Waals surface area contributed by atoms with Gasteiger partial charge < -0.3 is 14.6 Å². The number of benzene rings is 1. The summed E-state index contributed by atoms with van der Waals surface area (Å²) in [5, 5.41) is 9.47. The summed E-state index contributed by atoms with van der Waals surface area (Å²) in [6.07, 6.45) is -0.602. The highest BCUT2D eigenvalue weighted by molar-refractivity contribution is 5.32. The second-order valence-electron chi connectivity index (χ2n) is 4.04. The van der Waals surface area contributed by atoms with E-state index in [4.69, 9.17) is 9.47 Å². The van der Waals surface area contributed by atoms with E-state index >= 15 is 0 Å². The highest BCUT2D eigenvalue weighted by Gasteiger charge is 2.27. The first-order valence-corrected chi connectivity index (χ1v) is 5.44. The van der Waals surface area contributed by atoms with Gasteiger partial charge in [0.2, 0.25) is 0 Å². The Morgan fingerprint density at radius 1 is 1.35 bits per heavy atom. The third-order valence-electron chi connectivity index (χ3n) is 2.87. The first-order valence-electron chi connectivity index (χ1n) is 5.44. The molecular formula is C12H14F2O3. The van der Waals surface area contributed by atoms with Crippen LogP contribution >= 0.6 is 0 Å². The Hall–Kier alpha value is -1.20. The number of halogens is 2. The van der Waals surface area contributed by atoms with E-state index in [-0.39, 0.29) is 17.7 Å². The molecule has 0 amide bonds. The van der Waals surface area contributed by atoms with Gasteiger partial charge in [0, 0.05) is 25.2 Å². The molecule has 0 spiro atoms. The average molecular weight is 244 g/mol. The van der Waals surface area contributed by atoms with Gasteiger partial charge in [0.25, 0.3) is 0 Å². The van der Waals surface area contributed by atoms with Crippen molar-refractivity contribution in [2.75, 3.05) is 13.7 Å². The zero-order valence-electron chi connectivity index (χ0n) is 9.45. The summed E-state index contributed by atoms with van der Waals surface area (Å²) >= 11 is 0. The fourth-order valence-electron chi connectivity index (χ4n) is 1.97. The predicted molar refractivity (Wildman–Crippen MR) is 56.8 cm³/mol. The fraction of sp³-hybridized carbons (Fsp3) is 0.500. The monoisotopic (exact) mass is 244 g/mol. The second-order valence-corrected chi connectivity index (χ2v) is 4.04. The van der Waals surface area contributed by atoms with Crippen LogP contribution in [0.15, 0.2) is 12.1 Å². The number of ether oxygens (including phenoxy) is 2. The maximum absolute atomic E-state index is 13.7. The van der Waals surface area contributed by atoms with Crippen LogP contribution in [0.25, 0.3) is 0 Å². The molecule has 1 aliphatic heterocycles. The highest BCUT2D eigenvalue weighted by Crippen LogP contribution is 2.33. The molecule has 5 heteroatoms. The topological polar surface area (TPSA) is 38.7 Å². The zero-order valence-corrected chi connectivity index (χ0v) is 9.45. The summed E-state index contributed by atoms with van der Waals surface area (Å²) in [6, 6.07) is 2.23. The van der Waals surface area contributed by atoms with Gasteiger partial charge in [-0.2, -0.15) is 0 Å². The van der Waals surface area contributed by atoms with Gasteiger partial charge in [0.1, 0.15) is 17.4 Å². The van der Waals surface area contributed by atoms with Gasteiger partial charge in [-0.3, -0.25) is 0 Å². The van der Waals surface area contributed by atoms with Gasteiger partial charge in [0.05, 0.1) is 24.9 Å². The van der Waals surface area contributed by atoms with Gasteiger partial charge in [-0.1, -0.05) is 0 Å². The number of hydrogen-bond acceptors (Lipinski definition) is 3. The number of rotatable bonds is 2. The lowest BCUT2D eigenvalue weighted by atomic mass is 9.98. The molecule has 0 aromatic heterocycles. The summed E-state index contributed by atoms with van der Waals surface area (Å²) in [7, 11) is 1.34. The molecule has 1 aliphatic rings. The van der Waals surface area contributed by atoms with E-state index in [0.717, 1.165) is 12.1 Å². The van der Waals surface area contributed by atoms with Crippen molar-refractivity contribution in [1.82, 2.24) is 0 Å². The van der Waals surface area contributed by atoms with Crippen LogP contribution in [0.2, 0.25) is 0 Å². The number of hydrogen-bond donors (Lipinski definition) is 1. The molecule has 0 bridgehead atoms. The third-order valence-corrected chi connectivity index (χ3v) is 2.87. The molecule has 0 radical (unpaired) electrons. The minimum absolute atomic E-state index is 0.125. The van der Waals surface area contributed by atoms with E-state index < -0.39 is 23.8 Å². The Kier molecular flexibility index (Phi) is 3.59. The molecule has 2 atom stereocenters. The molecular weight excluding hydrogens is 230 g/mol. The molecule has 17 heavy (non-hydrogen) atoms. The molecule has 94 valence electrons. The predicted octanol–water partition coefficient (Wildman–Crippen LogP) is 2.19. The first-order chi connectivity index (χ1) is 8.11. The maximum Gasteiger partial charge on any atom is 0.135 e. The van der Waals surface area contributed by atoms with Gasteiger partial charge in [-0.25, -0.2) is 8.78 Å². The van der Waals surface area contributed by atoms with Gasteiger partial charge in [-0.05, 0) is 6.42 Å². The lowest BCUT2D eigenvalue weighted by Crippen LogP contribution is -2.24. The van der Waals surface area contributed by atoms with Crippen molar-refractivity contribution in [3.63, 3.8) is 0 Å².